The van der Waals surface area contributed by atoms with Crippen LogP contribution in [0.4, 0.5) is 10.8 Å². The standard InChI is InChI=1S/C24H28Cl2N8OS/c1-32(2)23(35)15-12-4-5-13(10-12)16(15)28-17-14(25)11-27-21-18(17)29-22(31-21)19-20(26)30-24(36-19)34-8-6-33(3)7-9-34/h4-5,11-13,15-16H,6-10H2,1-3H3,(H2,27,28,29,31). The van der Waals surface area contributed by atoms with Gasteiger partial charge in [0, 0.05) is 46.3 Å². The number of aromatic nitrogens is 4. The molecule has 2 bridgehead atoms. The number of allylic oxidation sites excluding steroid dienone is 1. The fourth-order valence-electron chi connectivity index (χ4n) is 5.57. The minimum Gasteiger partial charge on any atom is -0.378 e. The number of nitrogens with one attached hydrogen (secondary N) is 2. The largest absolute Gasteiger partial charge is 0.378 e. The zero-order valence-corrected chi connectivity index (χ0v) is 22.7. The molecule has 1 aliphatic heterocycles. The molecule has 3 aromatic heterocycles. The number of carbonyl (C=O) groups is 1. The van der Waals surface area contributed by atoms with Gasteiger partial charge in [0.15, 0.2) is 21.8 Å². The maximum Gasteiger partial charge on any atom is 0.227 e. The first-order chi connectivity index (χ1) is 17.3. The highest BCUT2D eigenvalue weighted by Crippen LogP contribution is 2.47. The van der Waals surface area contributed by atoms with Crippen molar-refractivity contribution in [3.05, 3.63) is 28.5 Å². The maximum atomic E-state index is 13.0. The van der Waals surface area contributed by atoms with Crippen LogP contribution < -0.4 is 10.2 Å². The van der Waals surface area contributed by atoms with E-state index in [2.05, 4.69) is 49.3 Å². The molecule has 3 aromatic rings. The molecule has 0 aromatic carbocycles. The van der Waals surface area contributed by atoms with Crippen molar-refractivity contribution in [2.75, 3.05) is 57.5 Å². The Morgan fingerprint density at radius 3 is 2.67 bits per heavy atom. The van der Waals surface area contributed by atoms with Crippen LogP contribution in [0.25, 0.3) is 21.9 Å². The third-order valence-corrected chi connectivity index (χ3v) is 9.33. The summed E-state index contributed by atoms with van der Waals surface area (Å²) in [6, 6.07) is -0.0550. The van der Waals surface area contributed by atoms with Crippen molar-refractivity contribution in [3.63, 3.8) is 0 Å². The molecular weight excluding hydrogens is 519 g/mol. The summed E-state index contributed by atoms with van der Waals surface area (Å²) in [5.41, 5.74) is 1.95. The van der Waals surface area contributed by atoms with Gasteiger partial charge in [-0.3, -0.25) is 4.79 Å². The number of piperazine rings is 1. The lowest BCUT2D eigenvalue weighted by Crippen LogP contribution is -2.44. The van der Waals surface area contributed by atoms with Gasteiger partial charge in [-0.05, 0) is 25.3 Å². The molecule has 4 unspecified atom stereocenters. The second-order valence-corrected chi connectivity index (χ2v) is 11.8. The number of anilines is 2. The fourth-order valence-corrected chi connectivity index (χ4v) is 7.06. The minimum absolute atomic E-state index is 0.0550. The first kappa shape index (κ1) is 24.0. The number of amides is 1. The molecule has 4 atom stereocenters. The molecule has 1 saturated heterocycles. The Balaban J connectivity index is 1.33. The number of fused-ring (bicyclic) bond motifs is 3. The van der Waals surface area contributed by atoms with E-state index in [1.54, 1.807) is 11.1 Å². The first-order valence-corrected chi connectivity index (χ1v) is 13.7. The molecule has 0 spiro atoms. The van der Waals surface area contributed by atoms with E-state index in [0.29, 0.717) is 32.9 Å². The van der Waals surface area contributed by atoms with E-state index in [0.717, 1.165) is 42.6 Å². The smallest absolute Gasteiger partial charge is 0.227 e. The van der Waals surface area contributed by atoms with E-state index in [-0.39, 0.29) is 29.7 Å². The van der Waals surface area contributed by atoms with Crippen LogP contribution in [-0.4, -0.2) is 89.0 Å². The average molecular weight is 548 g/mol. The Hall–Kier alpha value is -2.40. The highest BCUT2D eigenvalue weighted by atomic mass is 35.5. The normalized spacial score (nSPS) is 25.8. The van der Waals surface area contributed by atoms with E-state index in [1.807, 2.05) is 14.1 Å². The molecule has 2 fully saturated rings. The van der Waals surface area contributed by atoms with Crippen LogP contribution in [0.5, 0.6) is 0 Å². The fraction of sp³-hybridized carbons (Fsp3) is 0.500. The molecule has 190 valence electrons. The third-order valence-electron chi connectivity index (χ3n) is 7.53. The summed E-state index contributed by atoms with van der Waals surface area (Å²) < 4.78 is 0. The second kappa shape index (κ2) is 9.16. The molecule has 2 aliphatic carbocycles. The van der Waals surface area contributed by atoms with Crippen LogP contribution in [-0.2, 0) is 4.79 Å². The number of thiazole rings is 1. The summed E-state index contributed by atoms with van der Waals surface area (Å²) in [7, 11) is 5.74. The Morgan fingerprint density at radius 1 is 1.17 bits per heavy atom. The number of halogens is 2. The SMILES string of the molecule is CN1CCN(c2nc(Cl)c(-c3nc4ncc(Cl)c(NC5C6C=CC(C6)C5C(=O)N(C)C)c4[nH]3)s2)CC1. The summed E-state index contributed by atoms with van der Waals surface area (Å²) >= 11 is 14.8. The number of likely N-dealkylation sites (N-methyl/N-ethyl adjacent to an activating group) is 1. The lowest BCUT2D eigenvalue weighted by atomic mass is 9.87. The number of hydrogen-bond acceptors (Lipinski definition) is 8. The van der Waals surface area contributed by atoms with E-state index in [1.165, 1.54) is 11.3 Å². The summed E-state index contributed by atoms with van der Waals surface area (Å²) in [6.07, 6.45) is 6.96. The van der Waals surface area contributed by atoms with Crippen molar-refractivity contribution in [2.24, 2.45) is 17.8 Å². The van der Waals surface area contributed by atoms with E-state index in [9.17, 15) is 4.79 Å². The van der Waals surface area contributed by atoms with Crippen LogP contribution >= 0.6 is 34.5 Å². The van der Waals surface area contributed by atoms with Crippen molar-refractivity contribution in [3.8, 4) is 10.7 Å². The Morgan fingerprint density at radius 2 is 1.92 bits per heavy atom. The third kappa shape index (κ3) is 4.04. The number of nitrogens with zero attached hydrogens (tertiary/aromatic N) is 6. The van der Waals surface area contributed by atoms with Gasteiger partial charge in [0.25, 0.3) is 0 Å². The van der Waals surface area contributed by atoms with Gasteiger partial charge < -0.3 is 25.0 Å². The number of H-pyrrole nitrogens is 1. The molecule has 9 nitrogen and oxygen atoms in total. The molecule has 0 radical (unpaired) electrons. The monoisotopic (exact) mass is 546 g/mol. The summed E-state index contributed by atoms with van der Waals surface area (Å²) in [4.78, 5) is 37.2. The van der Waals surface area contributed by atoms with E-state index in [4.69, 9.17) is 28.2 Å². The number of imidazole rings is 1. The zero-order chi connectivity index (χ0) is 25.1. The maximum absolute atomic E-state index is 13.0. The number of aromatic amines is 1. The van der Waals surface area contributed by atoms with Crippen LogP contribution in [0.1, 0.15) is 6.42 Å². The Kier molecular flexibility index (Phi) is 6.10. The molecule has 6 rings (SSSR count). The number of pyridine rings is 1. The van der Waals surface area contributed by atoms with Crippen molar-refractivity contribution in [1.29, 1.82) is 0 Å². The van der Waals surface area contributed by atoms with Gasteiger partial charge in [0.2, 0.25) is 5.91 Å². The number of hydrogen-bond donors (Lipinski definition) is 2. The number of rotatable bonds is 5. The molecular formula is C24H28Cl2N8OS. The molecule has 3 aliphatic rings. The molecule has 12 heteroatoms. The number of carbonyl (C=O) groups excluding carboxylic acids is 1. The lowest BCUT2D eigenvalue weighted by molar-refractivity contribution is -0.133. The predicted octanol–water partition coefficient (Wildman–Crippen LogP) is 3.83. The van der Waals surface area contributed by atoms with Gasteiger partial charge >= 0.3 is 0 Å². The lowest BCUT2D eigenvalue weighted by Gasteiger charge is -2.31. The second-order valence-electron chi connectivity index (χ2n) is 10.0. The predicted molar refractivity (Wildman–Crippen MR) is 145 cm³/mol. The van der Waals surface area contributed by atoms with Gasteiger partial charge in [-0.1, -0.05) is 46.7 Å². The minimum atomic E-state index is -0.140. The highest BCUT2D eigenvalue weighted by Gasteiger charge is 2.49. The van der Waals surface area contributed by atoms with Gasteiger partial charge in [-0.2, -0.15) is 0 Å². The Labute approximate surface area is 223 Å². The van der Waals surface area contributed by atoms with Gasteiger partial charge in [0.05, 0.1) is 22.8 Å². The van der Waals surface area contributed by atoms with Crippen molar-refractivity contribution in [1.82, 2.24) is 29.7 Å². The van der Waals surface area contributed by atoms with Crippen LogP contribution in [0.15, 0.2) is 18.3 Å². The van der Waals surface area contributed by atoms with Crippen LogP contribution in [0.2, 0.25) is 10.2 Å². The first-order valence-electron chi connectivity index (χ1n) is 12.1. The van der Waals surface area contributed by atoms with E-state index >= 15 is 0 Å². The molecule has 4 heterocycles. The highest BCUT2D eigenvalue weighted by molar-refractivity contribution is 7.19. The van der Waals surface area contributed by atoms with E-state index < -0.39 is 0 Å². The van der Waals surface area contributed by atoms with Crippen molar-refractivity contribution < 1.29 is 4.79 Å². The topological polar surface area (TPSA) is 93.3 Å². The van der Waals surface area contributed by atoms with Crippen LogP contribution in [0.3, 0.4) is 0 Å². The molecule has 1 saturated carbocycles. The molecule has 1 amide bonds. The summed E-state index contributed by atoms with van der Waals surface area (Å²) in [5, 5.41) is 5.41. The van der Waals surface area contributed by atoms with Gasteiger partial charge in [-0.15, -0.1) is 0 Å². The van der Waals surface area contributed by atoms with Crippen LogP contribution in [0, 0.1) is 17.8 Å². The van der Waals surface area contributed by atoms with Crippen molar-refractivity contribution >= 4 is 62.4 Å². The molecule has 2 N–H and O–H groups in total. The zero-order valence-electron chi connectivity index (χ0n) is 20.3. The van der Waals surface area contributed by atoms with Gasteiger partial charge in [-0.25, -0.2) is 15.0 Å². The average Bonchev–Trinajstić information content (AvgIpc) is 3.63. The summed E-state index contributed by atoms with van der Waals surface area (Å²) in [5.74, 6) is 1.11. The van der Waals surface area contributed by atoms with Crippen molar-refractivity contribution in [2.45, 2.75) is 12.5 Å². The Bertz CT molecular complexity index is 1350. The quantitative estimate of drug-likeness (QED) is 0.469. The molecule has 36 heavy (non-hydrogen) atoms. The van der Waals surface area contributed by atoms with Gasteiger partial charge in [0.1, 0.15) is 10.4 Å². The summed E-state index contributed by atoms with van der Waals surface area (Å²) in [6.45, 7) is 3.81.